The summed E-state index contributed by atoms with van der Waals surface area (Å²) in [6.45, 7) is 4.81. The predicted octanol–water partition coefficient (Wildman–Crippen LogP) is 3.04. The summed E-state index contributed by atoms with van der Waals surface area (Å²) >= 11 is 0. The minimum Gasteiger partial charge on any atom is -0.492 e. The second-order valence-corrected chi connectivity index (χ2v) is 5.46. The number of hydrogen-bond acceptors (Lipinski definition) is 3. The summed E-state index contributed by atoms with van der Waals surface area (Å²) in [6.07, 6.45) is 3.29. The Morgan fingerprint density at radius 1 is 1.37 bits per heavy atom. The van der Waals surface area contributed by atoms with Gasteiger partial charge in [0.25, 0.3) is 0 Å². The average molecular weight is 258 g/mol. The molecule has 0 radical (unpaired) electrons. The topological polar surface area (TPSA) is 45.0 Å². The van der Waals surface area contributed by atoms with E-state index in [1.807, 2.05) is 12.1 Å². The maximum absolute atomic E-state index is 9.06. The van der Waals surface area contributed by atoms with E-state index in [0.29, 0.717) is 12.6 Å². The van der Waals surface area contributed by atoms with Gasteiger partial charge in [-0.1, -0.05) is 24.1 Å². The first-order valence-electron chi connectivity index (χ1n) is 7.04. The van der Waals surface area contributed by atoms with Crippen molar-refractivity contribution in [3.8, 4) is 11.8 Å². The van der Waals surface area contributed by atoms with E-state index in [9.17, 15) is 0 Å². The number of nitrogens with zero attached hydrogens (tertiary/aromatic N) is 1. The van der Waals surface area contributed by atoms with E-state index in [1.165, 1.54) is 5.56 Å². The van der Waals surface area contributed by atoms with Crippen LogP contribution in [-0.4, -0.2) is 18.7 Å². The van der Waals surface area contributed by atoms with E-state index < -0.39 is 0 Å². The minimum absolute atomic E-state index is 0.168. The van der Waals surface area contributed by atoms with Gasteiger partial charge in [-0.25, -0.2) is 0 Å². The average Bonchev–Trinajstić information content (AvgIpc) is 2.85. The number of rotatable bonds is 5. The Hall–Kier alpha value is -1.53. The molecule has 1 aromatic rings. The maximum Gasteiger partial charge on any atom is 0.119 e. The lowest BCUT2D eigenvalue weighted by Gasteiger charge is -2.21. The highest BCUT2D eigenvalue weighted by Gasteiger charge is 2.27. The van der Waals surface area contributed by atoms with E-state index in [1.54, 1.807) is 0 Å². The molecule has 3 atom stereocenters. The molecular formula is C16H22N2O. The van der Waals surface area contributed by atoms with Crippen LogP contribution in [0.5, 0.6) is 5.75 Å². The smallest absolute Gasteiger partial charge is 0.119 e. The van der Waals surface area contributed by atoms with Gasteiger partial charge in [-0.15, -0.1) is 0 Å². The molecule has 2 rings (SSSR count). The molecule has 1 aromatic carbocycles. The molecule has 3 unspecified atom stereocenters. The Morgan fingerprint density at radius 2 is 2.11 bits per heavy atom. The van der Waals surface area contributed by atoms with Crippen LogP contribution in [0.15, 0.2) is 24.3 Å². The van der Waals surface area contributed by atoms with E-state index in [2.05, 4.69) is 37.4 Å². The quantitative estimate of drug-likeness (QED) is 0.883. The SMILES string of the molecule is Cc1ccc(OCC(C)NC2CCCC2C#N)cc1. The number of benzene rings is 1. The van der Waals surface area contributed by atoms with Crippen molar-refractivity contribution < 1.29 is 4.74 Å². The van der Waals surface area contributed by atoms with Crippen LogP contribution in [0.2, 0.25) is 0 Å². The Bertz CT molecular complexity index is 435. The Balaban J connectivity index is 1.77. The molecule has 3 nitrogen and oxygen atoms in total. The van der Waals surface area contributed by atoms with Gasteiger partial charge < -0.3 is 10.1 Å². The molecule has 0 heterocycles. The molecule has 0 amide bonds. The third-order valence-electron chi connectivity index (χ3n) is 3.70. The highest BCUT2D eigenvalue weighted by molar-refractivity contribution is 5.26. The standard InChI is InChI=1S/C16H22N2O/c1-12-6-8-15(9-7-12)19-11-13(2)18-16-5-3-4-14(16)10-17/h6-9,13-14,16,18H,3-5,11H2,1-2H3. The lowest BCUT2D eigenvalue weighted by Crippen LogP contribution is -2.41. The first-order valence-corrected chi connectivity index (χ1v) is 7.04. The van der Waals surface area contributed by atoms with Crippen molar-refractivity contribution in [3.05, 3.63) is 29.8 Å². The van der Waals surface area contributed by atoms with Gasteiger partial charge in [-0.05, 0) is 38.8 Å². The fraction of sp³-hybridized carbons (Fsp3) is 0.562. The van der Waals surface area contributed by atoms with Gasteiger partial charge in [0.1, 0.15) is 12.4 Å². The van der Waals surface area contributed by atoms with Crippen molar-refractivity contribution in [1.82, 2.24) is 5.32 Å². The zero-order valence-corrected chi connectivity index (χ0v) is 11.7. The molecular weight excluding hydrogens is 236 g/mol. The summed E-state index contributed by atoms with van der Waals surface area (Å²) < 4.78 is 5.76. The summed E-state index contributed by atoms with van der Waals surface area (Å²) in [5.41, 5.74) is 1.24. The van der Waals surface area contributed by atoms with Crippen molar-refractivity contribution in [3.63, 3.8) is 0 Å². The number of aryl methyl sites for hydroxylation is 1. The van der Waals surface area contributed by atoms with Crippen LogP contribution >= 0.6 is 0 Å². The zero-order chi connectivity index (χ0) is 13.7. The molecule has 1 saturated carbocycles. The van der Waals surface area contributed by atoms with E-state index >= 15 is 0 Å². The van der Waals surface area contributed by atoms with Gasteiger partial charge in [0.15, 0.2) is 0 Å². The van der Waals surface area contributed by atoms with E-state index in [-0.39, 0.29) is 12.0 Å². The molecule has 19 heavy (non-hydrogen) atoms. The van der Waals surface area contributed by atoms with Crippen molar-refractivity contribution >= 4 is 0 Å². The van der Waals surface area contributed by atoms with Crippen LogP contribution in [0.3, 0.4) is 0 Å². The monoisotopic (exact) mass is 258 g/mol. The first-order chi connectivity index (χ1) is 9.19. The van der Waals surface area contributed by atoms with Gasteiger partial charge in [0.2, 0.25) is 0 Å². The van der Waals surface area contributed by atoms with Gasteiger partial charge >= 0.3 is 0 Å². The molecule has 3 heteroatoms. The normalized spacial score (nSPS) is 23.8. The van der Waals surface area contributed by atoms with Crippen LogP contribution in [-0.2, 0) is 0 Å². The number of nitriles is 1. The summed E-state index contributed by atoms with van der Waals surface area (Å²) in [7, 11) is 0. The van der Waals surface area contributed by atoms with Crippen molar-refractivity contribution in [1.29, 1.82) is 5.26 Å². The second-order valence-electron chi connectivity index (χ2n) is 5.46. The first kappa shape index (κ1) is 13.9. The number of hydrogen-bond donors (Lipinski definition) is 1. The molecule has 0 aromatic heterocycles. The molecule has 0 bridgehead atoms. The maximum atomic E-state index is 9.06. The number of nitrogens with one attached hydrogen (secondary N) is 1. The second kappa shape index (κ2) is 6.58. The van der Waals surface area contributed by atoms with Crippen molar-refractivity contribution in [2.75, 3.05) is 6.61 Å². The molecule has 1 aliphatic carbocycles. The van der Waals surface area contributed by atoms with E-state index in [4.69, 9.17) is 10.00 Å². The van der Waals surface area contributed by atoms with Crippen LogP contribution in [0.25, 0.3) is 0 Å². The molecule has 0 saturated heterocycles. The van der Waals surface area contributed by atoms with Crippen LogP contribution in [0.1, 0.15) is 31.7 Å². The molecule has 0 aliphatic heterocycles. The largest absolute Gasteiger partial charge is 0.492 e. The minimum atomic E-state index is 0.168. The highest BCUT2D eigenvalue weighted by Crippen LogP contribution is 2.25. The molecule has 1 N–H and O–H groups in total. The summed E-state index contributed by atoms with van der Waals surface area (Å²) in [5.74, 6) is 1.07. The molecule has 1 fully saturated rings. The van der Waals surface area contributed by atoms with Gasteiger partial charge in [-0.2, -0.15) is 5.26 Å². The van der Waals surface area contributed by atoms with Crippen molar-refractivity contribution in [2.24, 2.45) is 5.92 Å². The fourth-order valence-electron chi connectivity index (χ4n) is 2.58. The van der Waals surface area contributed by atoms with Crippen LogP contribution < -0.4 is 10.1 Å². The molecule has 1 aliphatic rings. The van der Waals surface area contributed by atoms with Crippen LogP contribution in [0, 0.1) is 24.2 Å². The molecule has 102 valence electrons. The van der Waals surface area contributed by atoms with Gasteiger partial charge in [0, 0.05) is 12.1 Å². The Kier molecular flexibility index (Phi) is 4.81. The highest BCUT2D eigenvalue weighted by atomic mass is 16.5. The summed E-state index contributed by atoms with van der Waals surface area (Å²) in [4.78, 5) is 0. The van der Waals surface area contributed by atoms with Gasteiger partial charge in [-0.3, -0.25) is 0 Å². The summed E-state index contributed by atoms with van der Waals surface area (Å²) in [6, 6.07) is 11.1. The Labute approximate surface area is 115 Å². The third-order valence-corrected chi connectivity index (χ3v) is 3.70. The van der Waals surface area contributed by atoms with Crippen molar-refractivity contribution in [2.45, 2.75) is 45.2 Å². The van der Waals surface area contributed by atoms with Gasteiger partial charge in [0.05, 0.1) is 12.0 Å². The predicted molar refractivity (Wildman–Crippen MR) is 76.0 cm³/mol. The zero-order valence-electron chi connectivity index (χ0n) is 11.7. The summed E-state index contributed by atoms with van der Waals surface area (Å²) in [5, 5.41) is 12.6. The Morgan fingerprint density at radius 3 is 2.79 bits per heavy atom. The third kappa shape index (κ3) is 3.97. The lowest BCUT2D eigenvalue weighted by atomic mass is 10.1. The lowest BCUT2D eigenvalue weighted by molar-refractivity contribution is 0.255. The number of ether oxygens (including phenoxy) is 1. The van der Waals surface area contributed by atoms with E-state index in [0.717, 1.165) is 25.0 Å². The fourth-order valence-corrected chi connectivity index (χ4v) is 2.58. The van der Waals surface area contributed by atoms with Crippen LogP contribution in [0.4, 0.5) is 0 Å². The molecule has 0 spiro atoms.